The largest absolute Gasteiger partial charge is 0.489 e. The summed E-state index contributed by atoms with van der Waals surface area (Å²) in [5, 5.41) is 0. The van der Waals surface area contributed by atoms with E-state index in [-0.39, 0.29) is 0 Å². The first-order chi connectivity index (χ1) is 8.99. The summed E-state index contributed by atoms with van der Waals surface area (Å²) in [5.41, 5.74) is 12.7. The van der Waals surface area contributed by atoms with Crippen molar-refractivity contribution in [3.8, 4) is 5.75 Å². The van der Waals surface area contributed by atoms with Gasteiger partial charge in [-0.05, 0) is 67.6 Å². The molecule has 100 valence electrons. The fraction of sp³-hybridized carbons (Fsp3) is 0.294. The van der Waals surface area contributed by atoms with Crippen LogP contribution in [0.3, 0.4) is 0 Å². The zero-order chi connectivity index (χ0) is 14.0. The van der Waals surface area contributed by atoms with Gasteiger partial charge in [0, 0.05) is 5.69 Å². The van der Waals surface area contributed by atoms with Crippen molar-refractivity contribution in [2.24, 2.45) is 0 Å². The standard InChI is InChI=1S/C17H21NO/c1-11-8-12(2)13(3)17(9-11)19-10-15-6-5-7-16(18)14(15)4/h5-9H,10,18H2,1-4H3. The SMILES string of the molecule is Cc1cc(C)c(C)c(OCc2cccc(N)c2C)c1. The predicted octanol–water partition coefficient (Wildman–Crippen LogP) is 4.08. The number of rotatable bonds is 3. The molecule has 2 N–H and O–H groups in total. The molecule has 2 rings (SSSR count). The van der Waals surface area contributed by atoms with Crippen LogP contribution in [0, 0.1) is 27.7 Å². The number of anilines is 1. The second-order valence-electron chi connectivity index (χ2n) is 5.12. The molecular formula is C17H21NO. The number of ether oxygens (including phenoxy) is 1. The molecule has 0 unspecified atom stereocenters. The zero-order valence-corrected chi connectivity index (χ0v) is 12.1. The Balaban J connectivity index is 2.21. The van der Waals surface area contributed by atoms with E-state index in [0.717, 1.165) is 22.6 Å². The van der Waals surface area contributed by atoms with Crippen LogP contribution < -0.4 is 10.5 Å². The van der Waals surface area contributed by atoms with Gasteiger partial charge in [-0.3, -0.25) is 0 Å². The first-order valence-corrected chi connectivity index (χ1v) is 6.53. The topological polar surface area (TPSA) is 35.2 Å². The number of nitrogen functional groups attached to an aromatic ring is 1. The first kappa shape index (κ1) is 13.5. The Morgan fingerprint density at radius 1 is 1.00 bits per heavy atom. The van der Waals surface area contributed by atoms with Gasteiger partial charge in [0.15, 0.2) is 0 Å². The lowest BCUT2D eigenvalue weighted by Gasteiger charge is -2.14. The number of hydrogen-bond donors (Lipinski definition) is 1. The minimum Gasteiger partial charge on any atom is -0.489 e. The smallest absolute Gasteiger partial charge is 0.123 e. The Bertz CT molecular complexity index is 602. The van der Waals surface area contributed by atoms with Gasteiger partial charge in [-0.2, -0.15) is 0 Å². The summed E-state index contributed by atoms with van der Waals surface area (Å²) in [6.45, 7) is 8.88. The molecule has 0 fully saturated rings. The van der Waals surface area contributed by atoms with Gasteiger partial charge >= 0.3 is 0 Å². The van der Waals surface area contributed by atoms with Gasteiger partial charge in [-0.25, -0.2) is 0 Å². The quantitative estimate of drug-likeness (QED) is 0.839. The molecule has 0 bridgehead atoms. The second-order valence-corrected chi connectivity index (χ2v) is 5.12. The third-order valence-corrected chi connectivity index (χ3v) is 3.64. The molecule has 0 aliphatic heterocycles. The minimum absolute atomic E-state index is 0.556. The van der Waals surface area contributed by atoms with Crippen molar-refractivity contribution in [2.45, 2.75) is 34.3 Å². The molecule has 0 aromatic heterocycles. The average molecular weight is 255 g/mol. The molecule has 2 aromatic rings. The number of hydrogen-bond acceptors (Lipinski definition) is 2. The monoisotopic (exact) mass is 255 g/mol. The van der Waals surface area contributed by atoms with Crippen LogP contribution in [0.1, 0.15) is 27.8 Å². The van der Waals surface area contributed by atoms with Crippen molar-refractivity contribution < 1.29 is 4.74 Å². The van der Waals surface area contributed by atoms with Crippen LogP contribution in [0.2, 0.25) is 0 Å². The Kier molecular flexibility index (Phi) is 3.79. The van der Waals surface area contributed by atoms with Crippen LogP contribution in [-0.4, -0.2) is 0 Å². The zero-order valence-electron chi connectivity index (χ0n) is 12.1. The molecule has 19 heavy (non-hydrogen) atoms. The van der Waals surface area contributed by atoms with Crippen LogP contribution >= 0.6 is 0 Å². The van der Waals surface area contributed by atoms with E-state index in [0.29, 0.717) is 6.61 Å². The Labute approximate surface area is 115 Å². The van der Waals surface area contributed by atoms with Gasteiger partial charge in [0.05, 0.1) is 0 Å². The number of aryl methyl sites for hydroxylation is 2. The van der Waals surface area contributed by atoms with E-state index in [1.165, 1.54) is 16.7 Å². The van der Waals surface area contributed by atoms with E-state index in [9.17, 15) is 0 Å². The van der Waals surface area contributed by atoms with E-state index in [1.54, 1.807) is 0 Å². The molecule has 0 atom stereocenters. The van der Waals surface area contributed by atoms with Crippen molar-refractivity contribution in [3.63, 3.8) is 0 Å². The molecule has 2 nitrogen and oxygen atoms in total. The predicted molar refractivity (Wildman–Crippen MR) is 80.6 cm³/mol. The van der Waals surface area contributed by atoms with Crippen molar-refractivity contribution in [3.05, 3.63) is 58.1 Å². The summed E-state index contributed by atoms with van der Waals surface area (Å²) in [7, 11) is 0. The van der Waals surface area contributed by atoms with Crippen molar-refractivity contribution in [1.82, 2.24) is 0 Å². The molecular weight excluding hydrogens is 234 g/mol. The maximum absolute atomic E-state index is 5.96. The Morgan fingerprint density at radius 2 is 1.74 bits per heavy atom. The van der Waals surface area contributed by atoms with E-state index in [4.69, 9.17) is 10.5 Å². The highest BCUT2D eigenvalue weighted by molar-refractivity contribution is 5.50. The normalized spacial score (nSPS) is 10.5. The van der Waals surface area contributed by atoms with Crippen LogP contribution in [0.25, 0.3) is 0 Å². The molecule has 2 heteroatoms. The average Bonchev–Trinajstić information content (AvgIpc) is 2.36. The van der Waals surface area contributed by atoms with Gasteiger partial charge in [-0.1, -0.05) is 18.2 Å². The molecule has 0 saturated heterocycles. The van der Waals surface area contributed by atoms with Crippen LogP contribution in [0.4, 0.5) is 5.69 Å². The molecule has 0 saturated carbocycles. The molecule has 0 heterocycles. The molecule has 0 spiro atoms. The van der Waals surface area contributed by atoms with Gasteiger partial charge in [-0.15, -0.1) is 0 Å². The maximum atomic E-state index is 5.96. The molecule has 0 amide bonds. The highest BCUT2D eigenvalue weighted by Gasteiger charge is 2.06. The fourth-order valence-electron chi connectivity index (χ4n) is 2.17. The minimum atomic E-state index is 0.556. The fourth-order valence-corrected chi connectivity index (χ4v) is 2.17. The molecule has 0 aliphatic rings. The summed E-state index contributed by atoms with van der Waals surface area (Å²) in [6, 6.07) is 10.2. The van der Waals surface area contributed by atoms with E-state index >= 15 is 0 Å². The van der Waals surface area contributed by atoms with Gasteiger partial charge in [0.1, 0.15) is 12.4 Å². The lowest BCUT2D eigenvalue weighted by Crippen LogP contribution is -2.02. The molecule has 0 radical (unpaired) electrons. The number of nitrogens with two attached hydrogens (primary N) is 1. The maximum Gasteiger partial charge on any atom is 0.123 e. The molecule has 2 aromatic carbocycles. The summed E-state index contributed by atoms with van der Waals surface area (Å²) >= 11 is 0. The third-order valence-electron chi connectivity index (χ3n) is 3.64. The highest BCUT2D eigenvalue weighted by Crippen LogP contribution is 2.25. The Hall–Kier alpha value is -1.96. The van der Waals surface area contributed by atoms with Crippen molar-refractivity contribution in [1.29, 1.82) is 0 Å². The summed E-state index contributed by atoms with van der Waals surface area (Å²) in [5.74, 6) is 0.958. The first-order valence-electron chi connectivity index (χ1n) is 6.53. The van der Waals surface area contributed by atoms with Crippen molar-refractivity contribution >= 4 is 5.69 Å². The van der Waals surface area contributed by atoms with Gasteiger partial charge in [0.25, 0.3) is 0 Å². The van der Waals surface area contributed by atoms with Gasteiger partial charge in [0.2, 0.25) is 0 Å². The van der Waals surface area contributed by atoms with Crippen LogP contribution in [0.5, 0.6) is 5.75 Å². The van der Waals surface area contributed by atoms with E-state index in [2.05, 4.69) is 39.0 Å². The summed E-state index contributed by atoms with van der Waals surface area (Å²) in [6.07, 6.45) is 0. The van der Waals surface area contributed by atoms with Crippen LogP contribution in [-0.2, 0) is 6.61 Å². The van der Waals surface area contributed by atoms with Crippen LogP contribution in [0.15, 0.2) is 30.3 Å². The van der Waals surface area contributed by atoms with Crippen molar-refractivity contribution in [2.75, 3.05) is 5.73 Å². The van der Waals surface area contributed by atoms with E-state index in [1.807, 2.05) is 19.1 Å². The Morgan fingerprint density at radius 3 is 2.47 bits per heavy atom. The highest BCUT2D eigenvalue weighted by atomic mass is 16.5. The molecule has 0 aliphatic carbocycles. The van der Waals surface area contributed by atoms with E-state index < -0.39 is 0 Å². The second kappa shape index (κ2) is 5.35. The summed E-state index contributed by atoms with van der Waals surface area (Å²) < 4.78 is 5.96. The summed E-state index contributed by atoms with van der Waals surface area (Å²) in [4.78, 5) is 0. The number of benzene rings is 2. The lowest BCUT2D eigenvalue weighted by atomic mass is 10.1. The lowest BCUT2D eigenvalue weighted by molar-refractivity contribution is 0.303. The van der Waals surface area contributed by atoms with Gasteiger partial charge < -0.3 is 10.5 Å². The third kappa shape index (κ3) is 2.90.